The number of rotatable bonds is 2. The van der Waals surface area contributed by atoms with Crippen molar-refractivity contribution in [3.05, 3.63) is 23.8 Å². The molecule has 3 rings (SSSR count). The fourth-order valence-corrected chi connectivity index (χ4v) is 3.13. The molecule has 0 radical (unpaired) electrons. The Morgan fingerprint density at radius 2 is 1.96 bits per heavy atom. The van der Waals surface area contributed by atoms with E-state index in [9.17, 15) is 20.1 Å². The maximum Gasteiger partial charge on any atom is 0.407 e. The highest BCUT2D eigenvalue weighted by atomic mass is 16.7. The molecule has 1 aromatic rings. The molecule has 1 aliphatic heterocycles. The van der Waals surface area contributed by atoms with Gasteiger partial charge in [0.25, 0.3) is 0 Å². The van der Waals surface area contributed by atoms with Gasteiger partial charge in [0.2, 0.25) is 6.79 Å². The number of ether oxygens (including phenoxy) is 3. The van der Waals surface area contributed by atoms with Gasteiger partial charge >= 0.3 is 6.09 Å². The zero-order valence-corrected chi connectivity index (χ0v) is 12.5. The zero-order valence-electron chi connectivity index (χ0n) is 12.5. The summed E-state index contributed by atoms with van der Waals surface area (Å²) < 4.78 is 15.2. The summed E-state index contributed by atoms with van der Waals surface area (Å²) in [5, 5.41) is 32.9. The van der Waals surface area contributed by atoms with Crippen LogP contribution >= 0.6 is 0 Å². The van der Waals surface area contributed by atoms with Crippen LogP contribution in [0.1, 0.15) is 17.9 Å². The minimum Gasteiger partial charge on any atom is -0.454 e. The van der Waals surface area contributed by atoms with Crippen molar-refractivity contribution in [3.63, 3.8) is 0 Å². The molecule has 5 atom stereocenters. The minimum absolute atomic E-state index is 0.0897. The van der Waals surface area contributed by atoms with Crippen LogP contribution in [-0.4, -0.2) is 59.7 Å². The maximum atomic E-state index is 11.5. The first-order chi connectivity index (χ1) is 11.0. The first kappa shape index (κ1) is 15.9. The Bertz CT molecular complexity index is 593. The molecular formula is C15H19NO7. The van der Waals surface area contributed by atoms with Gasteiger partial charge in [-0.1, -0.05) is 6.07 Å². The number of carbonyl (C=O) groups is 1. The summed E-state index contributed by atoms with van der Waals surface area (Å²) in [6.45, 7) is 0.122. The Morgan fingerprint density at radius 1 is 1.22 bits per heavy atom. The van der Waals surface area contributed by atoms with Crippen LogP contribution in [0.5, 0.6) is 11.5 Å². The molecule has 0 spiro atoms. The Morgan fingerprint density at radius 3 is 2.70 bits per heavy atom. The van der Waals surface area contributed by atoms with E-state index < -0.39 is 36.4 Å². The summed E-state index contributed by atoms with van der Waals surface area (Å²) in [7, 11) is 1.23. The van der Waals surface area contributed by atoms with E-state index >= 15 is 0 Å². The van der Waals surface area contributed by atoms with E-state index in [1.807, 2.05) is 0 Å². The van der Waals surface area contributed by atoms with Gasteiger partial charge in [0.15, 0.2) is 11.5 Å². The quantitative estimate of drug-likeness (QED) is 0.590. The molecule has 1 saturated carbocycles. The van der Waals surface area contributed by atoms with Crippen molar-refractivity contribution in [2.75, 3.05) is 13.9 Å². The Balaban J connectivity index is 1.92. The molecule has 126 valence electrons. The fourth-order valence-electron chi connectivity index (χ4n) is 3.13. The molecule has 0 saturated heterocycles. The summed E-state index contributed by atoms with van der Waals surface area (Å²) >= 11 is 0. The van der Waals surface area contributed by atoms with Crippen molar-refractivity contribution in [1.82, 2.24) is 5.32 Å². The molecule has 23 heavy (non-hydrogen) atoms. The maximum absolute atomic E-state index is 11.5. The average Bonchev–Trinajstić information content (AvgIpc) is 3.00. The van der Waals surface area contributed by atoms with Gasteiger partial charge in [-0.15, -0.1) is 0 Å². The lowest BCUT2D eigenvalue weighted by Gasteiger charge is -2.41. The van der Waals surface area contributed by atoms with Gasteiger partial charge in [-0.3, -0.25) is 0 Å². The zero-order chi connectivity index (χ0) is 16.6. The minimum atomic E-state index is -1.30. The molecule has 0 aromatic heterocycles. The number of fused-ring (bicyclic) bond motifs is 1. The van der Waals surface area contributed by atoms with Crippen LogP contribution in [0.15, 0.2) is 18.2 Å². The van der Waals surface area contributed by atoms with Crippen LogP contribution in [0, 0.1) is 0 Å². The normalized spacial score (nSPS) is 32.4. The van der Waals surface area contributed by atoms with Crippen LogP contribution < -0.4 is 14.8 Å². The Labute approximate surface area is 132 Å². The molecule has 8 nitrogen and oxygen atoms in total. The second-order valence-electron chi connectivity index (χ2n) is 5.67. The number of alkyl carbamates (subject to hydrolysis) is 1. The second-order valence-corrected chi connectivity index (χ2v) is 5.67. The highest BCUT2D eigenvalue weighted by Gasteiger charge is 2.44. The summed E-state index contributed by atoms with van der Waals surface area (Å²) in [4.78, 5) is 11.5. The van der Waals surface area contributed by atoms with Gasteiger partial charge in [0.05, 0.1) is 19.3 Å². The highest BCUT2D eigenvalue weighted by Crippen LogP contribution is 2.39. The molecule has 0 bridgehead atoms. The van der Waals surface area contributed by atoms with E-state index in [-0.39, 0.29) is 13.2 Å². The number of aliphatic hydroxyl groups excluding tert-OH is 3. The van der Waals surface area contributed by atoms with Crippen LogP contribution in [0.25, 0.3) is 0 Å². The predicted octanol–water partition coefficient (Wildman–Crippen LogP) is -0.290. The van der Waals surface area contributed by atoms with Crippen LogP contribution in [0.2, 0.25) is 0 Å². The van der Waals surface area contributed by atoms with Gasteiger partial charge in [0.1, 0.15) is 6.10 Å². The van der Waals surface area contributed by atoms with Crippen molar-refractivity contribution in [1.29, 1.82) is 0 Å². The number of nitrogens with one attached hydrogen (secondary N) is 1. The number of methoxy groups -OCH3 is 1. The van der Waals surface area contributed by atoms with Gasteiger partial charge in [-0.25, -0.2) is 4.79 Å². The fraction of sp³-hybridized carbons (Fsp3) is 0.533. The molecule has 2 aliphatic rings. The predicted molar refractivity (Wildman–Crippen MR) is 77.3 cm³/mol. The van der Waals surface area contributed by atoms with Crippen molar-refractivity contribution in [3.8, 4) is 11.5 Å². The van der Waals surface area contributed by atoms with Gasteiger partial charge in [-0.05, 0) is 24.1 Å². The standard InChI is InChI=1S/C15H19NO7/c1-21-15(20)16-8-5-9(17)13(18)14(19)12(8)7-2-3-10-11(4-7)23-6-22-10/h2-4,8-9,12-14,17-19H,5-6H2,1H3,(H,16,20)/t8-,9-,12+,13-,14-/m0/s1. The molecule has 1 fully saturated rings. The smallest absolute Gasteiger partial charge is 0.407 e. The summed E-state index contributed by atoms with van der Waals surface area (Å²) in [6.07, 6.45) is -4.27. The van der Waals surface area contributed by atoms with Crippen molar-refractivity contribution >= 4 is 6.09 Å². The second kappa shape index (κ2) is 6.23. The monoisotopic (exact) mass is 325 g/mol. The molecule has 1 aliphatic carbocycles. The number of benzene rings is 1. The van der Waals surface area contributed by atoms with E-state index in [1.165, 1.54) is 7.11 Å². The molecule has 1 amide bonds. The van der Waals surface area contributed by atoms with Crippen molar-refractivity contribution in [2.24, 2.45) is 0 Å². The van der Waals surface area contributed by atoms with E-state index in [4.69, 9.17) is 9.47 Å². The lowest BCUT2D eigenvalue weighted by Crippen LogP contribution is -2.56. The molecular weight excluding hydrogens is 306 g/mol. The number of aliphatic hydroxyl groups is 3. The molecule has 1 aromatic carbocycles. The van der Waals surface area contributed by atoms with Crippen LogP contribution in [0.4, 0.5) is 4.79 Å². The summed E-state index contributed by atoms with van der Waals surface area (Å²) in [6, 6.07) is 4.54. The van der Waals surface area contributed by atoms with Crippen molar-refractivity contribution < 1.29 is 34.3 Å². The van der Waals surface area contributed by atoms with Crippen LogP contribution in [-0.2, 0) is 4.74 Å². The third-order valence-electron chi connectivity index (χ3n) is 4.31. The van der Waals surface area contributed by atoms with E-state index in [2.05, 4.69) is 10.1 Å². The topological polar surface area (TPSA) is 117 Å². The number of carbonyl (C=O) groups excluding carboxylic acids is 1. The lowest BCUT2D eigenvalue weighted by atomic mass is 9.75. The first-order valence-electron chi connectivity index (χ1n) is 7.29. The Hall–Kier alpha value is -2.03. The number of hydrogen-bond acceptors (Lipinski definition) is 7. The van der Waals surface area contributed by atoms with Gasteiger partial charge in [-0.2, -0.15) is 0 Å². The lowest BCUT2D eigenvalue weighted by molar-refractivity contribution is -0.103. The first-order valence-corrected chi connectivity index (χ1v) is 7.29. The third-order valence-corrected chi connectivity index (χ3v) is 4.31. The molecule has 1 heterocycles. The van der Waals surface area contributed by atoms with Crippen molar-refractivity contribution in [2.45, 2.75) is 36.7 Å². The van der Waals surface area contributed by atoms with Gasteiger partial charge < -0.3 is 34.8 Å². The van der Waals surface area contributed by atoms with E-state index in [1.54, 1.807) is 18.2 Å². The van der Waals surface area contributed by atoms with Crippen LogP contribution in [0.3, 0.4) is 0 Å². The molecule has 4 N–H and O–H groups in total. The number of hydrogen-bond donors (Lipinski definition) is 4. The largest absolute Gasteiger partial charge is 0.454 e. The molecule has 8 heteroatoms. The number of amides is 1. The highest BCUT2D eigenvalue weighted by molar-refractivity contribution is 5.67. The van der Waals surface area contributed by atoms with Gasteiger partial charge in [0, 0.05) is 12.0 Å². The van der Waals surface area contributed by atoms with E-state index in [0.29, 0.717) is 17.1 Å². The molecule has 0 unspecified atom stereocenters. The summed E-state index contributed by atoms with van der Waals surface area (Å²) in [5.74, 6) is 0.506. The SMILES string of the molecule is COC(=O)N[C@H]1C[C@H](O)[C@H](O)[C@@H](O)[C@@H]1c1ccc2c(c1)OCO2. The average molecular weight is 325 g/mol. The Kier molecular flexibility index (Phi) is 4.29. The third kappa shape index (κ3) is 2.92. The summed E-state index contributed by atoms with van der Waals surface area (Å²) in [5.41, 5.74) is 0.661. The van der Waals surface area contributed by atoms with E-state index in [0.717, 1.165) is 0 Å².